The maximum Gasteiger partial charge on any atom is 0.264 e. The number of aryl methyl sites for hydroxylation is 1. The number of nitrogens with one attached hydrogen (secondary N) is 1. The summed E-state index contributed by atoms with van der Waals surface area (Å²) < 4.78 is 29.2. The monoisotopic (exact) mass is 665 g/mol. The molecule has 4 aromatic carbocycles. The molecule has 0 aromatic heterocycles. The molecular formula is C35H37Cl2N3O4S. The minimum Gasteiger partial charge on any atom is -0.350 e. The predicted octanol–water partition coefficient (Wildman–Crippen LogP) is 7.05. The van der Waals surface area contributed by atoms with Gasteiger partial charge in [-0.05, 0) is 69.7 Å². The van der Waals surface area contributed by atoms with Crippen LogP contribution in [-0.2, 0) is 32.6 Å². The molecule has 0 aliphatic rings. The first-order valence-corrected chi connectivity index (χ1v) is 16.7. The van der Waals surface area contributed by atoms with Crippen LogP contribution < -0.4 is 9.62 Å². The van der Waals surface area contributed by atoms with Crippen molar-refractivity contribution in [3.8, 4) is 0 Å². The number of carbonyl (C=O) groups excluding carboxylic acids is 2. The van der Waals surface area contributed by atoms with E-state index in [-0.39, 0.29) is 17.9 Å². The smallest absolute Gasteiger partial charge is 0.264 e. The zero-order chi connectivity index (χ0) is 32.8. The Kier molecular flexibility index (Phi) is 11.0. The number of benzene rings is 4. The molecule has 0 radical (unpaired) electrons. The number of anilines is 1. The molecule has 0 fully saturated rings. The van der Waals surface area contributed by atoms with Crippen molar-refractivity contribution in [1.29, 1.82) is 0 Å². The second-order valence-corrected chi connectivity index (χ2v) is 14.5. The molecule has 2 amide bonds. The molecule has 1 N–H and O–H groups in total. The highest BCUT2D eigenvalue weighted by atomic mass is 35.5. The lowest BCUT2D eigenvalue weighted by Gasteiger charge is -2.35. The highest BCUT2D eigenvalue weighted by molar-refractivity contribution is 7.92. The molecule has 10 heteroatoms. The van der Waals surface area contributed by atoms with Crippen LogP contribution in [0.4, 0.5) is 5.69 Å². The van der Waals surface area contributed by atoms with E-state index < -0.39 is 40.0 Å². The lowest BCUT2D eigenvalue weighted by Crippen LogP contribution is -2.56. The number of sulfonamides is 1. The molecule has 236 valence electrons. The van der Waals surface area contributed by atoms with Crippen LogP contribution in [0.15, 0.2) is 108 Å². The van der Waals surface area contributed by atoms with E-state index in [0.717, 1.165) is 15.4 Å². The minimum absolute atomic E-state index is 0.0387. The fraction of sp³-hybridized carbons (Fsp3) is 0.257. The summed E-state index contributed by atoms with van der Waals surface area (Å²) in [6, 6.07) is 28.2. The predicted molar refractivity (Wildman–Crippen MR) is 181 cm³/mol. The molecule has 0 unspecified atom stereocenters. The lowest BCUT2D eigenvalue weighted by atomic mass is 10.0. The molecule has 0 saturated heterocycles. The molecule has 7 nitrogen and oxygen atoms in total. The average Bonchev–Trinajstić information content (AvgIpc) is 2.99. The Labute approximate surface area is 275 Å². The summed E-state index contributed by atoms with van der Waals surface area (Å²) in [4.78, 5) is 29.9. The van der Waals surface area contributed by atoms with Gasteiger partial charge in [-0.2, -0.15) is 0 Å². The van der Waals surface area contributed by atoms with Gasteiger partial charge in [0.15, 0.2) is 0 Å². The maximum atomic E-state index is 14.5. The SMILES string of the molecule is Cc1ccc(S(=O)(=O)N(CC(=O)N(Cc2c(Cl)cccc2Cl)[C@@H](Cc2ccccc2)C(=O)NC(C)(C)C)c2ccccc2)cc1. The van der Waals surface area contributed by atoms with Gasteiger partial charge in [0.05, 0.1) is 10.6 Å². The Morgan fingerprint density at radius 3 is 1.91 bits per heavy atom. The van der Waals surface area contributed by atoms with E-state index in [1.54, 1.807) is 60.7 Å². The van der Waals surface area contributed by atoms with Gasteiger partial charge in [0, 0.05) is 34.1 Å². The third-order valence-electron chi connectivity index (χ3n) is 7.09. The number of nitrogens with zero attached hydrogens (tertiary/aromatic N) is 2. The number of halogens is 2. The van der Waals surface area contributed by atoms with E-state index in [1.165, 1.54) is 17.0 Å². The third-order valence-corrected chi connectivity index (χ3v) is 9.59. The largest absolute Gasteiger partial charge is 0.350 e. The zero-order valence-electron chi connectivity index (χ0n) is 25.7. The van der Waals surface area contributed by atoms with E-state index in [2.05, 4.69) is 5.32 Å². The van der Waals surface area contributed by atoms with Crippen molar-refractivity contribution < 1.29 is 18.0 Å². The van der Waals surface area contributed by atoms with Gasteiger partial charge in [0.2, 0.25) is 11.8 Å². The number of hydrogen-bond donors (Lipinski definition) is 1. The number of rotatable bonds is 11. The normalized spacial score (nSPS) is 12.3. The van der Waals surface area contributed by atoms with Crippen molar-refractivity contribution in [3.05, 3.63) is 130 Å². The Bertz CT molecular complexity index is 1710. The Hall–Kier alpha value is -3.85. The van der Waals surface area contributed by atoms with Crippen molar-refractivity contribution in [2.24, 2.45) is 0 Å². The first kappa shape index (κ1) is 34.0. The van der Waals surface area contributed by atoms with Crippen LogP contribution in [0.5, 0.6) is 0 Å². The van der Waals surface area contributed by atoms with Gasteiger partial charge in [-0.1, -0.05) is 95.5 Å². The molecule has 4 aromatic rings. The number of amides is 2. The summed E-state index contributed by atoms with van der Waals surface area (Å²) in [7, 11) is -4.19. The minimum atomic E-state index is -4.19. The van der Waals surface area contributed by atoms with Gasteiger partial charge < -0.3 is 10.2 Å². The van der Waals surface area contributed by atoms with Crippen LogP contribution in [0, 0.1) is 6.92 Å². The first-order chi connectivity index (χ1) is 21.3. The van der Waals surface area contributed by atoms with Gasteiger partial charge >= 0.3 is 0 Å². The van der Waals surface area contributed by atoms with Crippen LogP contribution >= 0.6 is 23.2 Å². The van der Waals surface area contributed by atoms with Crippen molar-refractivity contribution in [3.63, 3.8) is 0 Å². The highest BCUT2D eigenvalue weighted by Gasteiger charge is 2.36. The Morgan fingerprint density at radius 1 is 0.800 bits per heavy atom. The summed E-state index contributed by atoms with van der Waals surface area (Å²) in [5, 5.41) is 3.65. The number of carbonyl (C=O) groups is 2. The van der Waals surface area contributed by atoms with Gasteiger partial charge in [-0.25, -0.2) is 8.42 Å². The number of hydrogen-bond acceptors (Lipinski definition) is 4. The van der Waals surface area contributed by atoms with Crippen molar-refractivity contribution in [1.82, 2.24) is 10.2 Å². The van der Waals surface area contributed by atoms with Crippen LogP contribution in [0.25, 0.3) is 0 Å². The molecule has 0 aliphatic heterocycles. The summed E-state index contributed by atoms with van der Waals surface area (Å²) in [5.74, 6) is -0.994. The van der Waals surface area contributed by atoms with E-state index in [9.17, 15) is 18.0 Å². The van der Waals surface area contributed by atoms with E-state index in [1.807, 2.05) is 58.0 Å². The first-order valence-electron chi connectivity index (χ1n) is 14.5. The third kappa shape index (κ3) is 8.87. The zero-order valence-corrected chi connectivity index (χ0v) is 28.0. The second kappa shape index (κ2) is 14.5. The van der Waals surface area contributed by atoms with Crippen LogP contribution in [0.3, 0.4) is 0 Å². The summed E-state index contributed by atoms with van der Waals surface area (Å²) in [6.45, 7) is 6.73. The molecule has 0 spiro atoms. The van der Waals surface area contributed by atoms with Gasteiger partial charge in [-0.15, -0.1) is 0 Å². The molecule has 0 heterocycles. The molecular weight excluding hydrogens is 629 g/mol. The quantitative estimate of drug-likeness (QED) is 0.186. The van der Waals surface area contributed by atoms with E-state index >= 15 is 0 Å². The molecule has 0 bridgehead atoms. The fourth-order valence-corrected chi connectivity index (χ4v) is 6.75. The molecule has 45 heavy (non-hydrogen) atoms. The Balaban J connectivity index is 1.83. The summed E-state index contributed by atoms with van der Waals surface area (Å²) in [5.41, 5.74) is 1.87. The van der Waals surface area contributed by atoms with Gasteiger partial charge in [-0.3, -0.25) is 13.9 Å². The molecule has 1 atom stereocenters. The standard InChI is InChI=1S/C35H37Cl2N3O4S/c1-25-18-20-28(21-19-25)45(43,44)40(27-14-9-6-10-15-27)24-33(41)39(23-29-30(36)16-11-17-31(29)37)32(34(42)38-35(2,3)4)22-26-12-7-5-8-13-26/h5-21,32H,22-24H2,1-4H3,(H,38,42)/t32-/m0/s1. The Morgan fingerprint density at radius 2 is 1.36 bits per heavy atom. The topological polar surface area (TPSA) is 86.8 Å². The second-order valence-electron chi connectivity index (χ2n) is 11.8. The molecule has 4 rings (SSSR count). The highest BCUT2D eigenvalue weighted by Crippen LogP contribution is 2.29. The van der Waals surface area contributed by atoms with Gasteiger partial charge in [0.25, 0.3) is 10.0 Å². The van der Waals surface area contributed by atoms with E-state index in [0.29, 0.717) is 21.3 Å². The number of para-hydroxylation sites is 1. The van der Waals surface area contributed by atoms with Crippen molar-refractivity contribution in [2.75, 3.05) is 10.8 Å². The van der Waals surface area contributed by atoms with Gasteiger partial charge in [0.1, 0.15) is 12.6 Å². The summed E-state index contributed by atoms with van der Waals surface area (Å²) >= 11 is 13.1. The average molecular weight is 667 g/mol. The van der Waals surface area contributed by atoms with Crippen LogP contribution in [0.1, 0.15) is 37.5 Å². The van der Waals surface area contributed by atoms with Crippen molar-refractivity contribution >= 4 is 50.7 Å². The fourth-order valence-electron chi connectivity index (χ4n) is 4.82. The maximum absolute atomic E-state index is 14.5. The molecule has 0 saturated carbocycles. The van der Waals surface area contributed by atoms with Crippen molar-refractivity contribution in [2.45, 2.75) is 57.1 Å². The van der Waals surface area contributed by atoms with E-state index in [4.69, 9.17) is 23.2 Å². The summed E-state index contributed by atoms with van der Waals surface area (Å²) in [6.07, 6.45) is 0.173. The molecule has 0 aliphatic carbocycles. The van der Waals surface area contributed by atoms with Crippen LogP contribution in [-0.4, -0.2) is 43.3 Å². The lowest BCUT2D eigenvalue weighted by molar-refractivity contribution is -0.140. The van der Waals surface area contributed by atoms with Crippen LogP contribution in [0.2, 0.25) is 10.0 Å².